The number of carbonyl (C=O) groups is 2. The second-order valence-corrected chi connectivity index (χ2v) is 4.96. The normalized spacial score (nSPS) is 22.7. The van der Waals surface area contributed by atoms with Crippen molar-refractivity contribution in [2.24, 2.45) is 7.05 Å². The van der Waals surface area contributed by atoms with Crippen LogP contribution in [0.3, 0.4) is 0 Å². The molecule has 1 fully saturated rings. The van der Waals surface area contributed by atoms with Gasteiger partial charge >= 0.3 is 29.6 Å². The Morgan fingerprint density at radius 1 is 1.58 bits per heavy atom. The van der Waals surface area contributed by atoms with Gasteiger partial charge in [-0.15, -0.1) is 11.8 Å². The second-order valence-electron chi connectivity index (χ2n) is 4.00. The van der Waals surface area contributed by atoms with E-state index in [2.05, 4.69) is 5.10 Å². The third kappa shape index (κ3) is 2.27. The molecule has 0 aromatic carbocycles. The molecule has 1 atom stereocenters. The maximum absolute atomic E-state index is 11.9. The number of fused-ring (bicyclic) bond motifs is 1. The topological polar surface area (TPSA) is 78.3 Å². The van der Waals surface area contributed by atoms with Crippen molar-refractivity contribution >= 4 is 29.7 Å². The molecule has 1 aromatic rings. The first-order chi connectivity index (χ1) is 8.58. The number of carboxylic acid groups (broad SMARTS) is 1. The van der Waals surface area contributed by atoms with Crippen molar-refractivity contribution in [3.05, 3.63) is 34.6 Å². The van der Waals surface area contributed by atoms with Gasteiger partial charge in [-0.2, -0.15) is 5.10 Å². The zero-order valence-corrected chi connectivity index (χ0v) is 13.2. The van der Waals surface area contributed by atoms with E-state index in [1.165, 1.54) is 22.1 Å². The minimum absolute atomic E-state index is 0. The van der Waals surface area contributed by atoms with Crippen LogP contribution in [0.5, 0.6) is 0 Å². The molecule has 1 amide bonds. The fourth-order valence-corrected chi connectivity index (χ4v) is 3.07. The van der Waals surface area contributed by atoms with Gasteiger partial charge in [-0.05, 0) is 11.5 Å². The second kappa shape index (κ2) is 5.16. The fourth-order valence-electron chi connectivity index (χ4n) is 1.95. The number of nitrogens with zero attached hydrogens (tertiary/aromatic N) is 3. The van der Waals surface area contributed by atoms with E-state index < -0.39 is 5.97 Å². The Morgan fingerprint density at radius 2 is 2.32 bits per heavy atom. The van der Waals surface area contributed by atoms with E-state index in [4.69, 9.17) is 0 Å². The molecule has 2 aliphatic heterocycles. The molecule has 3 heterocycles. The minimum Gasteiger partial charge on any atom is -0.543 e. The van der Waals surface area contributed by atoms with Crippen LogP contribution in [0, 0.1) is 0 Å². The van der Waals surface area contributed by atoms with Crippen molar-refractivity contribution < 1.29 is 44.3 Å². The standard InChI is InChI=1S/C11H9N3O3S.Na/c1-13-4-6(3-12-13)2-7-9(15)14-8(11(16)17)5-18-10(7)14;/h2-5,10H,1H3,(H,16,17);/q;+1/p-1/b7-2+;/t10-;/m1./s1. The Labute approximate surface area is 135 Å². The van der Waals surface area contributed by atoms with Crippen LogP contribution in [0.25, 0.3) is 6.08 Å². The Balaban J connectivity index is 0.00000133. The molecular weight excluding hydrogens is 277 g/mol. The summed E-state index contributed by atoms with van der Waals surface area (Å²) < 4.78 is 1.64. The first-order valence-electron chi connectivity index (χ1n) is 5.18. The largest absolute Gasteiger partial charge is 1.00 e. The number of aliphatic carboxylic acids is 1. The van der Waals surface area contributed by atoms with Crippen molar-refractivity contribution in [3.8, 4) is 0 Å². The molecule has 0 bridgehead atoms. The number of rotatable bonds is 2. The van der Waals surface area contributed by atoms with Gasteiger partial charge in [0, 0.05) is 18.8 Å². The summed E-state index contributed by atoms with van der Waals surface area (Å²) in [6.45, 7) is 0. The maximum atomic E-state index is 11.9. The summed E-state index contributed by atoms with van der Waals surface area (Å²) in [6.07, 6.45) is 5.17. The Bertz CT molecular complexity index is 622. The van der Waals surface area contributed by atoms with Crippen molar-refractivity contribution in [1.29, 1.82) is 0 Å². The summed E-state index contributed by atoms with van der Waals surface area (Å²) in [4.78, 5) is 23.9. The van der Waals surface area contributed by atoms with E-state index in [0.29, 0.717) is 5.57 Å². The van der Waals surface area contributed by atoms with Crippen LogP contribution in [0.15, 0.2) is 29.1 Å². The molecule has 3 rings (SSSR count). The average Bonchev–Trinajstić information content (AvgIpc) is 2.89. The van der Waals surface area contributed by atoms with Gasteiger partial charge in [-0.25, -0.2) is 0 Å². The van der Waals surface area contributed by atoms with Crippen LogP contribution < -0.4 is 34.7 Å². The average molecular weight is 285 g/mol. The Morgan fingerprint density at radius 3 is 2.89 bits per heavy atom. The van der Waals surface area contributed by atoms with Crippen molar-refractivity contribution in [2.75, 3.05) is 0 Å². The first-order valence-corrected chi connectivity index (χ1v) is 6.13. The third-order valence-corrected chi connectivity index (χ3v) is 3.87. The minimum atomic E-state index is -1.32. The van der Waals surface area contributed by atoms with E-state index in [9.17, 15) is 14.7 Å². The quantitative estimate of drug-likeness (QED) is 0.318. The number of carbonyl (C=O) groups excluding carboxylic acids is 2. The van der Waals surface area contributed by atoms with E-state index >= 15 is 0 Å². The zero-order chi connectivity index (χ0) is 12.9. The van der Waals surface area contributed by atoms with E-state index in [-0.39, 0.29) is 46.5 Å². The monoisotopic (exact) mass is 285 g/mol. The van der Waals surface area contributed by atoms with Crippen molar-refractivity contribution in [2.45, 2.75) is 5.37 Å². The fraction of sp³-hybridized carbons (Fsp3) is 0.182. The molecule has 92 valence electrons. The number of aryl methyl sites for hydroxylation is 1. The molecule has 0 aliphatic carbocycles. The number of amides is 1. The molecule has 0 saturated carbocycles. The zero-order valence-electron chi connectivity index (χ0n) is 10.4. The molecule has 1 aromatic heterocycles. The van der Waals surface area contributed by atoms with Crippen molar-refractivity contribution in [1.82, 2.24) is 14.7 Å². The predicted molar refractivity (Wildman–Crippen MR) is 62.5 cm³/mol. The van der Waals surface area contributed by atoms with Gasteiger partial charge in [-0.3, -0.25) is 14.4 Å². The van der Waals surface area contributed by atoms with Gasteiger partial charge in [0.2, 0.25) is 0 Å². The van der Waals surface area contributed by atoms with E-state index in [0.717, 1.165) is 5.56 Å². The van der Waals surface area contributed by atoms with Gasteiger partial charge in [-0.1, -0.05) is 0 Å². The van der Waals surface area contributed by atoms with Gasteiger partial charge in [0.15, 0.2) is 0 Å². The Kier molecular flexibility index (Phi) is 3.91. The van der Waals surface area contributed by atoms with Crippen LogP contribution in [-0.4, -0.2) is 31.9 Å². The number of β-lactam (4-membered cyclic amide) rings is 1. The number of thioether (sulfide) groups is 1. The molecule has 19 heavy (non-hydrogen) atoms. The van der Waals surface area contributed by atoms with Gasteiger partial charge in [0.1, 0.15) is 5.37 Å². The smallest absolute Gasteiger partial charge is 0.543 e. The molecule has 0 N–H and O–H groups in total. The number of carboxylic acids is 1. The molecule has 1 saturated heterocycles. The van der Waals surface area contributed by atoms with Crippen LogP contribution in [0.1, 0.15) is 5.56 Å². The van der Waals surface area contributed by atoms with E-state index in [1.54, 1.807) is 30.2 Å². The first kappa shape index (κ1) is 14.4. The summed E-state index contributed by atoms with van der Waals surface area (Å²) in [5, 5.41) is 16.0. The molecule has 0 unspecified atom stereocenters. The predicted octanol–water partition coefficient (Wildman–Crippen LogP) is -3.69. The van der Waals surface area contributed by atoms with Crippen LogP contribution >= 0.6 is 11.8 Å². The molecule has 6 nitrogen and oxygen atoms in total. The third-order valence-electron chi connectivity index (χ3n) is 2.79. The summed E-state index contributed by atoms with van der Waals surface area (Å²) in [5.74, 6) is -1.61. The molecule has 0 radical (unpaired) electrons. The van der Waals surface area contributed by atoms with Gasteiger partial charge < -0.3 is 9.90 Å². The number of aromatic nitrogens is 2. The number of hydrogen-bond donors (Lipinski definition) is 0. The van der Waals surface area contributed by atoms with Crippen LogP contribution in [-0.2, 0) is 16.6 Å². The molecule has 2 aliphatic rings. The summed E-state index contributed by atoms with van der Waals surface area (Å²) in [5.41, 5.74) is 1.35. The molecule has 8 heteroatoms. The summed E-state index contributed by atoms with van der Waals surface area (Å²) in [7, 11) is 1.79. The van der Waals surface area contributed by atoms with Crippen LogP contribution in [0.4, 0.5) is 0 Å². The van der Waals surface area contributed by atoms with Gasteiger partial charge in [0.25, 0.3) is 5.91 Å². The Hall–Kier alpha value is -1.02. The maximum Gasteiger partial charge on any atom is 1.00 e. The van der Waals surface area contributed by atoms with Gasteiger partial charge in [0.05, 0.1) is 23.4 Å². The SMILES string of the molecule is Cn1cc(/C=C2\C(=O)N3C(C(=O)[O-])=CS[C@H]23)cn1.[Na+]. The summed E-state index contributed by atoms with van der Waals surface area (Å²) in [6, 6.07) is 0. The number of hydrogen-bond acceptors (Lipinski definition) is 5. The molecular formula is C11H8N3NaO3S. The van der Waals surface area contributed by atoms with Crippen LogP contribution in [0.2, 0.25) is 0 Å². The van der Waals surface area contributed by atoms with Crippen molar-refractivity contribution in [3.63, 3.8) is 0 Å². The molecule has 0 spiro atoms. The van der Waals surface area contributed by atoms with E-state index in [1.807, 2.05) is 0 Å². The summed E-state index contributed by atoms with van der Waals surface area (Å²) >= 11 is 1.29.